The molecule has 0 heterocycles. The van der Waals surface area contributed by atoms with E-state index in [1.165, 1.54) is 0 Å². The van der Waals surface area contributed by atoms with Gasteiger partial charge < -0.3 is 51.1 Å². The van der Waals surface area contributed by atoms with Crippen LogP contribution in [0.5, 0.6) is 57.5 Å². The number of phenolic OH excluding ortho intramolecular Hbond substituents is 10. The summed E-state index contributed by atoms with van der Waals surface area (Å²) < 4.78 is 0. The van der Waals surface area contributed by atoms with Gasteiger partial charge in [0.05, 0.1) is 11.1 Å². The predicted molar refractivity (Wildman–Crippen MR) is 180 cm³/mol. The zero-order chi connectivity index (χ0) is 34.0. The Kier molecular flexibility index (Phi) is 6.72. The third-order valence-corrected chi connectivity index (χ3v) is 8.56. The van der Waals surface area contributed by atoms with Crippen LogP contribution in [-0.4, -0.2) is 51.1 Å². The maximum atomic E-state index is 10.8. The average molecular weight is 643 g/mol. The Balaban J connectivity index is 1.67. The molecular formula is C38H26O10. The number of hydrogen-bond acceptors (Lipinski definition) is 10. The number of rotatable bonds is 4. The molecule has 0 aliphatic carbocycles. The minimum absolute atomic E-state index is 0.179. The highest BCUT2D eigenvalue weighted by molar-refractivity contribution is 6.22. The van der Waals surface area contributed by atoms with Crippen LogP contribution in [-0.2, 0) is 0 Å². The maximum Gasteiger partial charge on any atom is 0.208 e. The summed E-state index contributed by atoms with van der Waals surface area (Å²) in [6.07, 6.45) is 0. The number of benzene rings is 7. The molecule has 0 unspecified atom stereocenters. The van der Waals surface area contributed by atoms with Crippen LogP contribution in [0.25, 0.3) is 66.1 Å². The Morgan fingerprint density at radius 3 is 0.854 bits per heavy atom. The van der Waals surface area contributed by atoms with E-state index in [0.29, 0.717) is 16.3 Å². The van der Waals surface area contributed by atoms with Crippen molar-refractivity contribution in [3.05, 3.63) is 97.1 Å². The summed E-state index contributed by atoms with van der Waals surface area (Å²) in [5, 5.41) is 107. The summed E-state index contributed by atoms with van der Waals surface area (Å²) in [6, 6.07) is 28.6. The fourth-order valence-corrected chi connectivity index (χ4v) is 6.29. The van der Waals surface area contributed by atoms with E-state index in [4.69, 9.17) is 0 Å². The highest BCUT2D eigenvalue weighted by Gasteiger charge is 2.27. The Hall–Kier alpha value is -6.94. The number of fused-ring (bicyclic) bond motifs is 2. The fourth-order valence-electron chi connectivity index (χ4n) is 6.29. The minimum atomic E-state index is -1.08. The highest BCUT2D eigenvalue weighted by atomic mass is 16.4. The van der Waals surface area contributed by atoms with Crippen molar-refractivity contribution in [2.75, 3.05) is 0 Å². The molecule has 7 aromatic rings. The molecule has 0 atom stereocenters. The van der Waals surface area contributed by atoms with Crippen LogP contribution >= 0.6 is 0 Å². The van der Waals surface area contributed by atoms with Gasteiger partial charge in [0.2, 0.25) is 34.5 Å². The molecule has 10 heteroatoms. The van der Waals surface area contributed by atoms with Crippen molar-refractivity contribution in [3.63, 3.8) is 0 Å². The molecule has 10 N–H and O–H groups in total. The molecule has 0 aromatic heterocycles. The van der Waals surface area contributed by atoms with E-state index in [1.807, 2.05) is 60.7 Å². The average Bonchev–Trinajstić information content (AvgIpc) is 3.11. The van der Waals surface area contributed by atoms with E-state index in [0.717, 1.165) is 27.5 Å². The lowest BCUT2D eigenvalue weighted by Crippen LogP contribution is -1.93. The molecule has 0 radical (unpaired) electrons. The van der Waals surface area contributed by atoms with E-state index in [9.17, 15) is 51.1 Å². The third kappa shape index (κ3) is 4.27. The van der Waals surface area contributed by atoms with Gasteiger partial charge in [-0.3, -0.25) is 0 Å². The smallest absolute Gasteiger partial charge is 0.208 e. The van der Waals surface area contributed by atoms with Crippen molar-refractivity contribution in [1.29, 1.82) is 0 Å². The van der Waals surface area contributed by atoms with Crippen LogP contribution in [0.15, 0.2) is 97.1 Å². The summed E-state index contributed by atoms with van der Waals surface area (Å²) in [5.74, 6) is -9.65. The molecular weight excluding hydrogens is 616 g/mol. The second-order valence-corrected chi connectivity index (χ2v) is 11.2. The SMILES string of the molecule is Oc1c(O)c(O)c(-c2ccc3c(-c4ccccc4)c4ccc(-c5c(O)c(O)c(O)c(O)c5O)cc4c(-c4ccccc4)c3c2)c(O)c1O. The van der Waals surface area contributed by atoms with Crippen molar-refractivity contribution >= 4 is 21.5 Å². The molecule has 10 nitrogen and oxygen atoms in total. The van der Waals surface area contributed by atoms with Crippen molar-refractivity contribution in [3.8, 4) is 102 Å². The van der Waals surface area contributed by atoms with Crippen LogP contribution in [0.3, 0.4) is 0 Å². The normalized spacial score (nSPS) is 11.3. The molecule has 7 rings (SSSR count). The summed E-state index contributed by atoms with van der Waals surface area (Å²) in [4.78, 5) is 0. The number of phenols is 10. The van der Waals surface area contributed by atoms with Crippen molar-refractivity contribution in [1.82, 2.24) is 0 Å². The van der Waals surface area contributed by atoms with Gasteiger partial charge in [0.1, 0.15) is 0 Å². The molecule has 238 valence electrons. The van der Waals surface area contributed by atoms with E-state index in [1.54, 1.807) is 36.4 Å². The molecule has 0 fully saturated rings. The quantitative estimate of drug-likeness (QED) is 0.0514. The first-order chi connectivity index (χ1) is 23.0. The highest BCUT2D eigenvalue weighted by Crippen LogP contribution is 2.57. The first-order valence-electron chi connectivity index (χ1n) is 14.5. The van der Waals surface area contributed by atoms with E-state index in [2.05, 4.69) is 0 Å². The molecule has 7 aromatic carbocycles. The van der Waals surface area contributed by atoms with Gasteiger partial charge in [0, 0.05) is 0 Å². The fraction of sp³-hybridized carbons (Fsp3) is 0. The van der Waals surface area contributed by atoms with Gasteiger partial charge in [-0.15, -0.1) is 0 Å². The van der Waals surface area contributed by atoms with Crippen LogP contribution < -0.4 is 0 Å². The third-order valence-electron chi connectivity index (χ3n) is 8.56. The molecule has 0 spiro atoms. The van der Waals surface area contributed by atoms with E-state index >= 15 is 0 Å². The van der Waals surface area contributed by atoms with E-state index < -0.39 is 57.5 Å². The molecule has 0 saturated carbocycles. The van der Waals surface area contributed by atoms with Crippen LogP contribution in [0.2, 0.25) is 0 Å². The van der Waals surface area contributed by atoms with Gasteiger partial charge in [-0.2, -0.15) is 0 Å². The lowest BCUT2D eigenvalue weighted by atomic mass is 9.83. The van der Waals surface area contributed by atoms with Gasteiger partial charge in [-0.05, 0) is 67.1 Å². The summed E-state index contributed by atoms with van der Waals surface area (Å²) in [6.45, 7) is 0. The summed E-state index contributed by atoms with van der Waals surface area (Å²) in [7, 11) is 0. The minimum Gasteiger partial charge on any atom is -0.504 e. The molecule has 48 heavy (non-hydrogen) atoms. The number of aromatic hydroxyl groups is 10. The summed E-state index contributed by atoms with van der Waals surface area (Å²) in [5.41, 5.74) is 2.64. The first kappa shape index (κ1) is 29.8. The largest absolute Gasteiger partial charge is 0.504 e. The molecule has 0 aliphatic heterocycles. The lowest BCUT2D eigenvalue weighted by molar-refractivity contribution is 0.330. The van der Waals surface area contributed by atoms with Gasteiger partial charge in [-0.25, -0.2) is 0 Å². The molecule has 0 bridgehead atoms. The maximum absolute atomic E-state index is 10.8. The van der Waals surface area contributed by atoms with Gasteiger partial charge in [0.25, 0.3) is 0 Å². The zero-order valence-corrected chi connectivity index (χ0v) is 24.7. The van der Waals surface area contributed by atoms with Gasteiger partial charge in [0.15, 0.2) is 23.0 Å². The summed E-state index contributed by atoms with van der Waals surface area (Å²) >= 11 is 0. The van der Waals surface area contributed by atoms with Gasteiger partial charge in [-0.1, -0.05) is 84.9 Å². The van der Waals surface area contributed by atoms with Crippen LogP contribution in [0.4, 0.5) is 0 Å². The molecule has 0 saturated heterocycles. The first-order valence-corrected chi connectivity index (χ1v) is 14.5. The number of hydrogen-bond donors (Lipinski definition) is 10. The topological polar surface area (TPSA) is 202 Å². The Morgan fingerprint density at radius 1 is 0.229 bits per heavy atom. The van der Waals surface area contributed by atoms with Crippen LogP contribution in [0, 0.1) is 0 Å². The monoisotopic (exact) mass is 642 g/mol. The zero-order valence-electron chi connectivity index (χ0n) is 24.7. The van der Waals surface area contributed by atoms with Crippen LogP contribution in [0.1, 0.15) is 0 Å². The molecule has 0 aliphatic rings. The van der Waals surface area contributed by atoms with Crippen molar-refractivity contribution < 1.29 is 51.1 Å². The second kappa shape index (κ2) is 10.8. The van der Waals surface area contributed by atoms with Crippen molar-refractivity contribution in [2.45, 2.75) is 0 Å². The standard InChI is InChI=1S/C38H26O10/c39-29-27(30(40)34(44)37(47)33(29)43)19-11-13-21-23(15-19)26(18-9-5-2-6-10-18)24-16-20(28-31(41)35(45)38(48)36(46)32(28)42)12-14-22(24)25(21)17-7-3-1-4-8-17/h1-16,39-48H. The lowest BCUT2D eigenvalue weighted by Gasteiger charge is -2.20. The Labute approximate surface area is 271 Å². The predicted octanol–water partition coefficient (Wildman–Crippen LogP) is 7.72. The van der Waals surface area contributed by atoms with Gasteiger partial charge >= 0.3 is 0 Å². The van der Waals surface area contributed by atoms with Crippen molar-refractivity contribution in [2.24, 2.45) is 0 Å². The van der Waals surface area contributed by atoms with E-state index in [-0.39, 0.29) is 22.3 Å². The Morgan fingerprint density at radius 2 is 0.521 bits per heavy atom. The Bertz CT molecular complexity index is 2250. The second-order valence-electron chi connectivity index (χ2n) is 11.2. The molecule has 0 amide bonds.